The van der Waals surface area contributed by atoms with Crippen molar-refractivity contribution in [3.05, 3.63) is 71.8 Å². The molecular weight excluding hydrogens is 389 g/mol. The number of para-hydroxylation sites is 1. The Kier molecular flexibility index (Phi) is 4.68. The van der Waals surface area contributed by atoms with E-state index in [2.05, 4.69) is 40.0 Å². The quantitative estimate of drug-likeness (QED) is 0.510. The fourth-order valence-electron chi connectivity index (χ4n) is 4.46. The van der Waals surface area contributed by atoms with Crippen molar-refractivity contribution < 1.29 is 4.39 Å². The molecule has 4 aromatic rings. The van der Waals surface area contributed by atoms with Crippen LogP contribution in [0.15, 0.2) is 54.9 Å². The third-order valence-electron chi connectivity index (χ3n) is 5.95. The SMILES string of the molecule is Cc1cccc2cc(-c3cncc(-c4cc(F)cc(C#N)c4)c3N3CC[C@H](N)C3)[nH]c12. The van der Waals surface area contributed by atoms with E-state index in [1.165, 1.54) is 17.7 Å². The zero-order chi connectivity index (χ0) is 21.5. The summed E-state index contributed by atoms with van der Waals surface area (Å²) < 4.78 is 14.3. The van der Waals surface area contributed by atoms with Gasteiger partial charge in [-0.3, -0.25) is 4.98 Å². The van der Waals surface area contributed by atoms with Gasteiger partial charge in [0.05, 0.1) is 23.0 Å². The summed E-state index contributed by atoms with van der Waals surface area (Å²) in [5, 5.41) is 10.5. The molecule has 1 saturated heterocycles. The number of nitriles is 1. The number of benzene rings is 2. The maximum Gasteiger partial charge on any atom is 0.125 e. The van der Waals surface area contributed by atoms with Crippen LogP contribution in [0.1, 0.15) is 17.5 Å². The molecule has 1 aliphatic rings. The number of nitrogens with one attached hydrogen (secondary N) is 1. The van der Waals surface area contributed by atoms with E-state index in [9.17, 15) is 9.65 Å². The van der Waals surface area contributed by atoms with Crippen molar-refractivity contribution >= 4 is 16.6 Å². The summed E-state index contributed by atoms with van der Waals surface area (Å²) in [6.45, 7) is 3.60. The molecule has 6 heteroatoms. The van der Waals surface area contributed by atoms with Crippen molar-refractivity contribution in [3.63, 3.8) is 0 Å². The minimum absolute atomic E-state index is 0.0843. The van der Waals surface area contributed by atoms with E-state index >= 15 is 0 Å². The highest BCUT2D eigenvalue weighted by molar-refractivity contribution is 5.94. The maximum atomic E-state index is 14.3. The van der Waals surface area contributed by atoms with Gasteiger partial charge in [0.1, 0.15) is 5.82 Å². The van der Waals surface area contributed by atoms with E-state index in [0.717, 1.165) is 46.4 Å². The molecule has 2 aromatic heterocycles. The molecule has 31 heavy (non-hydrogen) atoms. The van der Waals surface area contributed by atoms with Crippen LogP contribution in [0.2, 0.25) is 0 Å². The zero-order valence-corrected chi connectivity index (χ0v) is 17.2. The van der Waals surface area contributed by atoms with Crippen molar-refractivity contribution in [3.8, 4) is 28.5 Å². The second-order valence-corrected chi connectivity index (χ2v) is 8.14. The Labute approximate surface area is 179 Å². The first-order chi connectivity index (χ1) is 15.0. The molecule has 5 nitrogen and oxygen atoms in total. The minimum atomic E-state index is -0.440. The van der Waals surface area contributed by atoms with E-state index in [0.29, 0.717) is 12.1 Å². The number of pyridine rings is 1. The van der Waals surface area contributed by atoms with Crippen LogP contribution in [0.25, 0.3) is 33.3 Å². The van der Waals surface area contributed by atoms with E-state index in [-0.39, 0.29) is 11.6 Å². The van der Waals surface area contributed by atoms with Crippen LogP contribution in [0.3, 0.4) is 0 Å². The number of H-pyrrole nitrogens is 1. The average molecular weight is 411 g/mol. The van der Waals surface area contributed by atoms with E-state index < -0.39 is 5.82 Å². The first-order valence-corrected chi connectivity index (χ1v) is 10.3. The van der Waals surface area contributed by atoms with Gasteiger partial charge in [-0.15, -0.1) is 0 Å². The van der Waals surface area contributed by atoms with E-state index in [4.69, 9.17) is 5.73 Å². The lowest BCUT2D eigenvalue weighted by atomic mass is 9.99. The Balaban J connectivity index is 1.75. The number of nitrogens with zero attached hydrogens (tertiary/aromatic N) is 3. The van der Waals surface area contributed by atoms with Gasteiger partial charge in [-0.05, 0) is 48.7 Å². The number of aryl methyl sites for hydroxylation is 1. The van der Waals surface area contributed by atoms with Crippen molar-refractivity contribution in [1.29, 1.82) is 5.26 Å². The van der Waals surface area contributed by atoms with Gasteiger partial charge in [0, 0.05) is 53.6 Å². The number of aromatic amines is 1. The Morgan fingerprint density at radius 3 is 2.77 bits per heavy atom. The minimum Gasteiger partial charge on any atom is -0.369 e. The highest BCUT2D eigenvalue weighted by Gasteiger charge is 2.26. The molecule has 3 heterocycles. The molecule has 1 atom stereocenters. The molecule has 0 spiro atoms. The lowest BCUT2D eigenvalue weighted by Crippen LogP contribution is -2.27. The standard InChI is InChI=1S/C25H22FN5/c1-15-3-2-4-17-10-23(30-24(15)17)22-13-29-12-21(25(22)31-6-5-20(28)14-31)18-7-16(11-27)8-19(26)9-18/h2-4,7-10,12-13,20,30H,5-6,14,28H2,1H3/t20-/m0/s1. The number of rotatable bonds is 3. The van der Waals surface area contributed by atoms with Crippen LogP contribution in [0, 0.1) is 24.1 Å². The molecular formula is C25H22FN5. The molecule has 1 aliphatic heterocycles. The molecule has 0 amide bonds. The summed E-state index contributed by atoms with van der Waals surface area (Å²) >= 11 is 0. The van der Waals surface area contributed by atoms with Crippen LogP contribution in [0.5, 0.6) is 0 Å². The molecule has 0 aliphatic carbocycles. The van der Waals surface area contributed by atoms with Gasteiger partial charge >= 0.3 is 0 Å². The zero-order valence-electron chi connectivity index (χ0n) is 17.2. The molecule has 0 saturated carbocycles. The van der Waals surface area contributed by atoms with Crippen LogP contribution in [-0.2, 0) is 0 Å². The first kappa shape index (κ1) is 19.3. The largest absolute Gasteiger partial charge is 0.369 e. The highest BCUT2D eigenvalue weighted by Crippen LogP contribution is 2.41. The predicted molar refractivity (Wildman–Crippen MR) is 121 cm³/mol. The molecule has 3 N–H and O–H groups in total. The van der Waals surface area contributed by atoms with Crippen LogP contribution in [-0.4, -0.2) is 29.1 Å². The van der Waals surface area contributed by atoms with E-state index in [1.807, 2.05) is 18.3 Å². The average Bonchev–Trinajstić information content (AvgIpc) is 3.40. The molecule has 2 aromatic carbocycles. The summed E-state index contributed by atoms with van der Waals surface area (Å²) in [4.78, 5) is 10.3. The van der Waals surface area contributed by atoms with Crippen LogP contribution in [0.4, 0.5) is 10.1 Å². The number of hydrogen-bond donors (Lipinski definition) is 2. The smallest absolute Gasteiger partial charge is 0.125 e. The third-order valence-corrected chi connectivity index (χ3v) is 5.95. The van der Waals surface area contributed by atoms with Crippen LogP contribution < -0.4 is 10.6 Å². The Bertz CT molecular complexity index is 1330. The second kappa shape index (κ2) is 7.53. The molecule has 0 radical (unpaired) electrons. The Hall–Kier alpha value is -3.69. The normalized spacial score (nSPS) is 16.1. The number of halogens is 1. The highest BCUT2D eigenvalue weighted by atomic mass is 19.1. The number of hydrogen-bond acceptors (Lipinski definition) is 4. The second-order valence-electron chi connectivity index (χ2n) is 8.14. The van der Waals surface area contributed by atoms with Gasteiger partial charge in [-0.2, -0.15) is 5.26 Å². The Morgan fingerprint density at radius 2 is 2.03 bits per heavy atom. The Morgan fingerprint density at radius 1 is 1.19 bits per heavy atom. The summed E-state index contributed by atoms with van der Waals surface area (Å²) in [6, 6.07) is 14.9. The fourth-order valence-corrected chi connectivity index (χ4v) is 4.46. The van der Waals surface area contributed by atoms with Gasteiger partial charge in [-0.25, -0.2) is 4.39 Å². The molecule has 154 valence electrons. The van der Waals surface area contributed by atoms with Gasteiger partial charge in [0.15, 0.2) is 0 Å². The predicted octanol–water partition coefficient (Wildman–Crippen LogP) is 4.75. The lowest BCUT2D eigenvalue weighted by Gasteiger charge is -2.25. The molecule has 0 bridgehead atoms. The van der Waals surface area contributed by atoms with E-state index in [1.54, 1.807) is 12.3 Å². The molecule has 5 rings (SSSR count). The molecule has 0 unspecified atom stereocenters. The molecule has 1 fully saturated rings. The van der Waals surface area contributed by atoms with Crippen molar-refractivity contribution in [2.45, 2.75) is 19.4 Å². The third kappa shape index (κ3) is 3.43. The summed E-state index contributed by atoms with van der Waals surface area (Å²) in [5.41, 5.74) is 13.0. The number of nitrogens with two attached hydrogens (primary N) is 1. The maximum absolute atomic E-state index is 14.3. The fraction of sp³-hybridized carbons (Fsp3) is 0.200. The van der Waals surface area contributed by atoms with Gasteiger partial charge in [-0.1, -0.05) is 18.2 Å². The van der Waals surface area contributed by atoms with Gasteiger partial charge in [0.2, 0.25) is 0 Å². The summed E-state index contributed by atoms with van der Waals surface area (Å²) in [7, 11) is 0. The van der Waals surface area contributed by atoms with Crippen LogP contribution >= 0.6 is 0 Å². The van der Waals surface area contributed by atoms with Crippen molar-refractivity contribution in [1.82, 2.24) is 9.97 Å². The van der Waals surface area contributed by atoms with Gasteiger partial charge < -0.3 is 15.6 Å². The van der Waals surface area contributed by atoms with Crippen molar-refractivity contribution in [2.75, 3.05) is 18.0 Å². The monoisotopic (exact) mass is 411 g/mol. The summed E-state index contributed by atoms with van der Waals surface area (Å²) in [6.07, 6.45) is 4.47. The van der Waals surface area contributed by atoms with Crippen molar-refractivity contribution in [2.24, 2.45) is 5.73 Å². The first-order valence-electron chi connectivity index (χ1n) is 10.3. The number of fused-ring (bicyclic) bond motifs is 1. The number of anilines is 1. The lowest BCUT2D eigenvalue weighted by molar-refractivity contribution is 0.628. The van der Waals surface area contributed by atoms with Gasteiger partial charge in [0.25, 0.3) is 0 Å². The topological polar surface area (TPSA) is 81.7 Å². The number of aromatic nitrogens is 2. The summed E-state index contributed by atoms with van der Waals surface area (Å²) in [5.74, 6) is -0.440.